The molecular formula is C20H40NO7S+. The van der Waals surface area contributed by atoms with Crippen LogP contribution in [0.5, 0.6) is 0 Å². The van der Waals surface area contributed by atoms with Crippen LogP contribution in [-0.2, 0) is 29.2 Å². The maximum Gasteiger partial charge on any atom is 0.311 e. The number of likely N-dealkylation sites (N-methyl/N-ethyl adjacent to an activating group) is 1. The number of esters is 2. The molecule has 0 aliphatic carbocycles. The van der Waals surface area contributed by atoms with Crippen molar-refractivity contribution < 1.29 is 36.5 Å². The monoisotopic (exact) mass is 438 g/mol. The standard InChI is InChI=1S/C20H39NO7S/c1-8-9-13-27-17(22)19(2,3)16-20(4,5)18(23)28-14-12-21(6,7)11-10-15-29(24,25)26/h8-16H2,1-7H3/p+1. The first kappa shape index (κ1) is 27.8. The number of hydrogen-bond donors (Lipinski definition) is 1. The predicted molar refractivity (Wildman–Crippen MR) is 112 cm³/mol. The van der Waals surface area contributed by atoms with Gasteiger partial charge in [0.2, 0.25) is 0 Å². The van der Waals surface area contributed by atoms with Gasteiger partial charge in [0.25, 0.3) is 10.1 Å². The maximum atomic E-state index is 12.6. The Balaban J connectivity index is 4.57. The first-order valence-corrected chi connectivity index (χ1v) is 11.7. The number of unbranched alkanes of at least 4 members (excludes halogenated alkanes) is 1. The van der Waals surface area contributed by atoms with Crippen molar-refractivity contribution in [3.8, 4) is 0 Å². The lowest BCUT2D eigenvalue weighted by atomic mass is 9.75. The van der Waals surface area contributed by atoms with Gasteiger partial charge in [0.05, 0.1) is 43.8 Å². The van der Waals surface area contributed by atoms with Crippen molar-refractivity contribution in [2.45, 2.75) is 60.3 Å². The Kier molecular flexibility index (Phi) is 10.8. The first-order valence-electron chi connectivity index (χ1n) is 10.1. The van der Waals surface area contributed by atoms with Gasteiger partial charge in [-0.05, 0) is 40.5 Å². The van der Waals surface area contributed by atoms with E-state index in [2.05, 4.69) is 0 Å². The topological polar surface area (TPSA) is 107 Å². The fourth-order valence-electron chi connectivity index (χ4n) is 3.12. The molecule has 172 valence electrons. The molecule has 0 aromatic heterocycles. The third kappa shape index (κ3) is 12.2. The lowest BCUT2D eigenvalue weighted by Crippen LogP contribution is -2.44. The lowest BCUT2D eigenvalue weighted by Gasteiger charge is -2.33. The van der Waals surface area contributed by atoms with Crippen molar-refractivity contribution in [2.24, 2.45) is 10.8 Å². The summed E-state index contributed by atoms with van der Waals surface area (Å²) in [5.41, 5.74) is -1.66. The number of carbonyl (C=O) groups excluding carboxylic acids is 2. The summed E-state index contributed by atoms with van der Waals surface area (Å²) in [5, 5.41) is 0. The number of hydrogen-bond acceptors (Lipinski definition) is 6. The second-order valence-electron chi connectivity index (χ2n) is 9.59. The Hall–Kier alpha value is -1.19. The van der Waals surface area contributed by atoms with E-state index >= 15 is 0 Å². The highest BCUT2D eigenvalue weighted by molar-refractivity contribution is 7.85. The minimum absolute atomic E-state index is 0.183. The van der Waals surface area contributed by atoms with Crippen LogP contribution < -0.4 is 0 Å². The second kappa shape index (κ2) is 11.3. The Morgan fingerprint density at radius 3 is 1.83 bits per heavy atom. The minimum atomic E-state index is -3.97. The number of rotatable bonds is 14. The van der Waals surface area contributed by atoms with Gasteiger partial charge in [-0.2, -0.15) is 8.42 Å². The molecule has 0 atom stereocenters. The zero-order chi connectivity index (χ0) is 22.9. The molecule has 0 radical (unpaired) electrons. The van der Waals surface area contributed by atoms with Crippen molar-refractivity contribution in [1.29, 1.82) is 0 Å². The van der Waals surface area contributed by atoms with E-state index in [1.807, 2.05) is 21.0 Å². The summed E-state index contributed by atoms with van der Waals surface area (Å²) >= 11 is 0. The lowest BCUT2D eigenvalue weighted by molar-refractivity contribution is -0.890. The number of carbonyl (C=O) groups is 2. The molecule has 0 rings (SSSR count). The number of quaternary nitrogens is 1. The van der Waals surface area contributed by atoms with Crippen LogP contribution in [0.15, 0.2) is 0 Å². The quantitative estimate of drug-likeness (QED) is 0.192. The van der Waals surface area contributed by atoms with Gasteiger partial charge in [0, 0.05) is 6.42 Å². The summed E-state index contributed by atoms with van der Waals surface area (Å²) in [6.07, 6.45) is 2.37. The molecule has 9 heteroatoms. The van der Waals surface area contributed by atoms with Crippen LogP contribution in [0.3, 0.4) is 0 Å². The molecule has 0 spiro atoms. The molecule has 29 heavy (non-hydrogen) atoms. The fourth-order valence-corrected chi connectivity index (χ4v) is 3.62. The van der Waals surface area contributed by atoms with Crippen molar-refractivity contribution in [3.05, 3.63) is 0 Å². The fraction of sp³-hybridized carbons (Fsp3) is 0.900. The summed E-state index contributed by atoms with van der Waals surface area (Å²) in [6.45, 7) is 10.7. The summed E-state index contributed by atoms with van der Waals surface area (Å²) in [4.78, 5) is 24.9. The molecule has 8 nitrogen and oxygen atoms in total. The largest absolute Gasteiger partial charge is 0.465 e. The molecule has 1 N–H and O–H groups in total. The summed E-state index contributed by atoms with van der Waals surface area (Å²) < 4.78 is 41.6. The van der Waals surface area contributed by atoms with Gasteiger partial charge in [-0.3, -0.25) is 14.1 Å². The highest BCUT2D eigenvalue weighted by atomic mass is 32.2. The zero-order valence-corrected chi connectivity index (χ0v) is 19.9. The van der Waals surface area contributed by atoms with Gasteiger partial charge in [-0.25, -0.2) is 0 Å². The van der Waals surface area contributed by atoms with E-state index in [1.54, 1.807) is 27.7 Å². The average Bonchev–Trinajstić information content (AvgIpc) is 2.52. The van der Waals surface area contributed by atoms with Gasteiger partial charge in [0.15, 0.2) is 0 Å². The maximum absolute atomic E-state index is 12.6. The zero-order valence-electron chi connectivity index (χ0n) is 19.1. The molecule has 0 aliphatic heterocycles. The van der Waals surface area contributed by atoms with Gasteiger partial charge in [-0.15, -0.1) is 0 Å². The second-order valence-corrected chi connectivity index (χ2v) is 11.2. The molecule has 0 unspecified atom stereocenters. The van der Waals surface area contributed by atoms with Crippen LogP contribution in [-0.4, -0.2) is 75.5 Å². The van der Waals surface area contributed by atoms with E-state index in [1.165, 1.54) is 0 Å². The van der Waals surface area contributed by atoms with Crippen molar-refractivity contribution >= 4 is 22.1 Å². The third-order valence-electron chi connectivity index (χ3n) is 4.82. The van der Waals surface area contributed by atoms with E-state index in [9.17, 15) is 18.0 Å². The van der Waals surface area contributed by atoms with E-state index in [4.69, 9.17) is 14.0 Å². The number of ether oxygens (including phenoxy) is 2. The average molecular weight is 439 g/mol. The van der Waals surface area contributed by atoms with Gasteiger partial charge >= 0.3 is 11.9 Å². The van der Waals surface area contributed by atoms with Crippen LogP contribution in [0.4, 0.5) is 0 Å². The van der Waals surface area contributed by atoms with E-state index in [0.29, 0.717) is 37.0 Å². The van der Waals surface area contributed by atoms with E-state index in [-0.39, 0.29) is 24.3 Å². The Bertz CT molecular complexity index is 639. The Morgan fingerprint density at radius 1 is 0.897 bits per heavy atom. The molecule has 0 aromatic carbocycles. The molecule has 0 aliphatic rings. The van der Waals surface area contributed by atoms with Crippen LogP contribution in [0.2, 0.25) is 0 Å². The van der Waals surface area contributed by atoms with Crippen LogP contribution in [0.25, 0.3) is 0 Å². The molecule has 0 heterocycles. The molecule has 0 saturated carbocycles. The predicted octanol–water partition coefficient (Wildman–Crippen LogP) is 2.67. The van der Waals surface area contributed by atoms with Crippen LogP contribution in [0, 0.1) is 10.8 Å². The number of nitrogens with zero attached hydrogens (tertiary/aromatic N) is 1. The third-order valence-corrected chi connectivity index (χ3v) is 5.62. The molecule has 0 amide bonds. The van der Waals surface area contributed by atoms with Gasteiger partial charge in [-0.1, -0.05) is 13.3 Å². The van der Waals surface area contributed by atoms with Crippen molar-refractivity contribution in [1.82, 2.24) is 0 Å². The molecule has 0 fully saturated rings. The van der Waals surface area contributed by atoms with Gasteiger partial charge < -0.3 is 14.0 Å². The van der Waals surface area contributed by atoms with Crippen molar-refractivity contribution in [3.63, 3.8) is 0 Å². The highest BCUT2D eigenvalue weighted by Gasteiger charge is 2.41. The Morgan fingerprint density at radius 2 is 1.38 bits per heavy atom. The van der Waals surface area contributed by atoms with Gasteiger partial charge in [0.1, 0.15) is 13.2 Å². The Labute approximate surface area is 176 Å². The first-order chi connectivity index (χ1) is 13.0. The normalized spacial score (nSPS) is 13.2. The highest BCUT2D eigenvalue weighted by Crippen LogP contribution is 2.35. The molecule has 0 bridgehead atoms. The van der Waals surface area contributed by atoms with Crippen LogP contribution >= 0.6 is 0 Å². The molecule has 0 saturated heterocycles. The van der Waals surface area contributed by atoms with E-state index in [0.717, 1.165) is 12.8 Å². The minimum Gasteiger partial charge on any atom is -0.465 e. The van der Waals surface area contributed by atoms with E-state index < -0.39 is 20.9 Å². The SMILES string of the molecule is CCCCOC(=O)C(C)(C)CC(C)(C)C(=O)OCC[N+](C)(C)CCCS(=O)(=O)O. The smallest absolute Gasteiger partial charge is 0.311 e. The molecule has 0 aromatic rings. The van der Waals surface area contributed by atoms with Crippen LogP contribution in [0.1, 0.15) is 60.3 Å². The van der Waals surface area contributed by atoms with Crippen molar-refractivity contribution in [2.75, 3.05) is 46.2 Å². The molecular weight excluding hydrogens is 398 g/mol. The summed E-state index contributed by atoms with van der Waals surface area (Å²) in [7, 11) is -0.163. The summed E-state index contributed by atoms with van der Waals surface area (Å²) in [6, 6.07) is 0. The summed E-state index contributed by atoms with van der Waals surface area (Å²) in [5.74, 6) is -0.987.